The molecule has 0 aliphatic heterocycles. The Labute approximate surface area is 117 Å². The maximum atomic E-state index is 12.3. The van der Waals surface area contributed by atoms with E-state index in [2.05, 4.69) is 9.71 Å². The molecule has 0 amide bonds. The van der Waals surface area contributed by atoms with E-state index in [0.29, 0.717) is 5.69 Å². The fourth-order valence-corrected chi connectivity index (χ4v) is 3.27. The Kier molecular flexibility index (Phi) is 2.99. The van der Waals surface area contributed by atoms with Crippen LogP contribution in [0, 0.1) is 6.92 Å². The van der Waals surface area contributed by atoms with Gasteiger partial charge >= 0.3 is 0 Å². The van der Waals surface area contributed by atoms with Crippen molar-refractivity contribution in [2.45, 2.75) is 11.8 Å². The number of hydrogen-bond acceptors (Lipinski definition) is 2. The molecule has 20 heavy (non-hydrogen) atoms. The van der Waals surface area contributed by atoms with Crippen LogP contribution in [-0.2, 0) is 10.0 Å². The van der Waals surface area contributed by atoms with Crippen LogP contribution >= 0.6 is 0 Å². The number of aryl methyl sites for hydroxylation is 1. The summed E-state index contributed by atoms with van der Waals surface area (Å²) in [7, 11) is -3.55. The van der Waals surface area contributed by atoms with Crippen LogP contribution in [0.3, 0.4) is 0 Å². The number of hydrogen-bond donors (Lipinski definition) is 2. The van der Waals surface area contributed by atoms with Gasteiger partial charge in [0, 0.05) is 22.8 Å². The van der Waals surface area contributed by atoms with Gasteiger partial charge < -0.3 is 4.98 Å². The lowest BCUT2D eigenvalue weighted by Crippen LogP contribution is -2.12. The average Bonchev–Trinajstić information content (AvgIpc) is 2.85. The highest BCUT2D eigenvalue weighted by Crippen LogP contribution is 2.21. The minimum absolute atomic E-state index is 0.270. The number of sulfonamides is 1. The first-order chi connectivity index (χ1) is 9.54. The second kappa shape index (κ2) is 4.68. The fraction of sp³-hybridized carbons (Fsp3) is 0.0667. The highest BCUT2D eigenvalue weighted by atomic mass is 32.2. The quantitative estimate of drug-likeness (QED) is 0.776. The smallest absolute Gasteiger partial charge is 0.261 e. The minimum atomic E-state index is -3.55. The van der Waals surface area contributed by atoms with Gasteiger partial charge in [-0.25, -0.2) is 8.42 Å². The van der Waals surface area contributed by atoms with Crippen LogP contribution in [0.15, 0.2) is 59.6 Å². The molecule has 0 fully saturated rings. The number of benzene rings is 2. The Morgan fingerprint density at radius 2 is 1.90 bits per heavy atom. The maximum Gasteiger partial charge on any atom is 0.261 e. The van der Waals surface area contributed by atoms with Crippen molar-refractivity contribution in [3.8, 4) is 0 Å². The van der Waals surface area contributed by atoms with E-state index in [-0.39, 0.29) is 4.90 Å². The van der Waals surface area contributed by atoms with Gasteiger partial charge in [-0.3, -0.25) is 4.72 Å². The molecule has 0 saturated heterocycles. The van der Waals surface area contributed by atoms with E-state index in [0.717, 1.165) is 16.5 Å². The lowest BCUT2D eigenvalue weighted by Gasteiger charge is -2.08. The Hall–Kier alpha value is -2.27. The summed E-state index contributed by atoms with van der Waals surface area (Å²) in [6.07, 6.45) is 1.82. The second-order valence-electron chi connectivity index (χ2n) is 4.70. The summed E-state index contributed by atoms with van der Waals surface area (Å²) in [5, 5.41) is 0.967. The zero-order chi connectivity index (χ0) is 14.2. The first-order valence-corrected chi connectivity index (χ1v) is 7.69. The molecule has 0 atom stereocenters. The predicted molar refractivity (Wildman–Crippen MR) is 80.3 cm³/mol. The summed E-state index contributed by atoms with van der Waals surface area (Å²) in [5.74, 6) is 0. The van der Waals surface area contributed by atoms with Crippen molar-refractivity contribution in [1.29, 1.82) is 0 Å². The van der Waals surface area contributed by atoms with E-state index < -0.39 is 10.0 Å². The Balaban J connectivity index is 1.96. The molecular formula is C15H14N2O2S. The molecule has 2 aromatic carbocycles. The van der Waals surface area contributed by atoms with Gasteiger partial charge in [0.2, 0.25) is 0 Å². The molecule has 0 radical (unpaired) electrons. The van der Waals surface area contributed by atoms with Crippen LogP contribution in [-0.4, -0.2) is 13.4 Å². The molecule has 3 rings (SSSR count). The zero-order valence-corrected chi connectivity index (χ0v) is 11.7. The van der Waals surface area contributed by atoms with Crippen LogP contribution in [0.5, 0.6) is 0 Å². The fourth-order valence-electron chi connectivity index (χ4n) is 2.11. The van der Waals surface area contributed by atoms with E-state index >= 15 is 0 Å². The van der Waals surface area contributed by atoms with Crippen LogP contribution in [0.4, 0.5) is 5.69 Å². The Morgan fingerprint density at radius 3 is 2.70 bits per heavy atom. The van der Waals surface area contributed by atoms with E-state index in [4.69, 9.17) is 0 Å². The van der Waals surface area contributed by atoms with Crippen molar-refractivity contribution in [3.05, 3.63) is 60.3 Å². The molecule has 0 bridgehead atoms. The van der Waals surface area contributed by atoms with Gasteiger partial charge in [0.25, 0.3) is 10.0 Å². The van der Waals surface area contributed by atoms with Crippen molar-refractivity contribution in [2.75, 3.05) is 4.72 Å². The van der Waals surface area contributed by atoms with Crippen molar-refractivity contribution in [1.82, 2.24) is 4.98 Å². The first kappa shape index (κ1) is 12.7. The lowest BCUT2D eigenvalue weighted by atomic mass is 10.2. The highest BCUT2D eigenvalue weighted by molar-refractivity contribution is 7.92. The molecule has 0 unspecified atom stereocenters. The largest absolute Gasteiger partial charge is 0.361 e. The molecule has 102 valence electrons. The van der Waals surface area contributed by atoms with Gasteiger partial charge in [-0.15, -0.1) is 0 Å². The molecule has 0 aliphatic rings. The van der Waals surface area contributed by atoms with Crippen molar-refractivity contribution in [3.63, 3.8) is 0 Å². The first-order valence-electron chi connectivity index (χ1n) is 6.21. The average molecular weight is 286 g/mol. The van der Waals surface area contributed by atoms with Gasteiger partial charge in [0.15, 0.2) is 0 Å². The van der Waals surface area contributed by atoms with E-state index in [9.17, 15) is 8.42 Å². The molecule has 0 saturated carbocycles. The predicted octanol–water partition coefficient (Wildman–Crippen LogP) is 3.28. The SMILES string of the molecule is Cc1cccc(S(=O)(=O)Nc2ccc3[nH]ccc3c2)c1. The van der Waals surface area contributed by atoms with Gasteiger partial charge in [-0.1, -0.05) is 12.1 Å². The van der Waals surface area contributed by atoms with Crippen LogP contribution in [0.25, 0.3) is 10.9 Å². The summed E-state index contributed by atoms with van der Waals surface area (Å²) in [5.41, 5.74) is 2.44. The van der Waals surface area contributed by atoms with Crippen LogP contribution < -0.4 is 4.72 Å². The molecule has 0 spiro atoms. The normalized spacial score (nSPS) is 11.7. The van der Waals surface area contributed by atoms with Gasteiger partial charge in [0.1, 0.15) is 0 Å². The molecule has 2 N–H and O–H groups in total. The number of aromatic nitrogens is 1. The van der Waals surface area contributed by atoms with Gasteiger partial charge in [-0.2, -0.15) is 0 Å². The topological polar surface area (TPSA) is 62.0 Å². The summed E-state index contributed by atoms with van der Waals surface area (Å²) in [6, 6.07) is 14.1. The number of rotatable bonds is 3. The summed E-state index contributed by atoms with van der Waals surface area (Å²) >= 11 is 0. The minimum Gasteiger partial charge on any atom is -0.361 e. The van der Waals surface area contributed by atoms with Crippen LogP contribution in [0.1, 0.15) is 5.56 Å². The third-order valence-corrected chi connectivity index (χ3v) is 4.48. The maximum absolute atomic E-state index is 12.3. The molecule has 3 aromatic rings. The van der Waals surface area contributed by atoms with E-state index in [1.165, 1.54) is 0 Å². The van der Waals surface area contributed by atoms with E-state index in [1.807, 2.05) is 31.3 Å². The molecule has 1 aromatic heterocycles. The Morgan fingerprint density at radius 1 is 1.05 bits per heavy atom. The van der Waals surface area contributed by atoms with Crippen molar-refractivity contribution in [2.24, 2.45) is 0 Å². The molecule has 1 heterocycles. The standard InChI is InChI=1S/C15H14N2O2S/c1-11-3-2-4-14(9-11)20(18,19)17-13-5-6-15-12(10-13)7-8-16-15/h2-10,16-17H,1H3. The zero-order valence-electron chi connectivity index (χ0n) is 10.9. The number of nitrogens with one attached hydrogen (secondary N) is 2. The molecule has 5 heteroatoms. The second-order valence-corrected chi connectivity index (χ2v) is 6.38. The third kappa shape index (κ3) is 2.40. The summed E-state index contributed by atoms with van der Waals surface area (Å²) in [6.45, 7) is 1.87. The summed E-state index contributed by atoms with van der Waals surface area (Å²) in [4.78, 5) is 3.34. The number of H-pyrrole nitrogens is 1. The molecule has 0 aliphatic carbocycles. The van der Waals surface area contributed by atoms with Crippen molar-refractivity contribution >= 4 is 26.6 Å². The summed E-state index contributed by atoms with van der Waals surface area (Å²) < 4.78 is 27.2. The molecule has 4 nitrogen and oxygen atoms in total. The van der Waals surface area contributed by atoms with Crippen molar-refractivity contribution < 1.29 is 8.42 Å². The van der Waals surface area contributed by atoms with Crippen LogP contribution in [0.2, 0.25) is 0 Å². The third-order valence-electron chi connectivity index (χ3n) is 3.11. The Bertz CT molecular complexity index is 866. The van der Waals surface area contributed by atoms with Gasteiger partial charge in [0.05, 0.1) is 4.90 Å². The number of anilines is 1. The van der Waals surface area contributed by atoms with Gasteiger partial charge in [-0.05, 0) is 48.9 Å². The number of aromatic amines is 1. The highest BCUT2D eigenvalue weighted by Gasteiger charge is 2.14. The molecular weight excluding hydrogens is 272 g/mol. The number of fused-ring (bicyclic) bond motifs is 1. The lowest BCUT2D eigenvalue weighted by molar-refractivity contribution is 0.601. The monoisotopic (exact) mass is 286 g/mol. The van der Waals surface area contributed by atoms with E-state index in [1.54, 1.807) is 30.3 Å².